The van der Waals surface area contributed by atoms with Crippen LogP contribution in [0.2, 0.25) is 0 Å². The molecule has 0 fully saturated rings. The van der Waals surface area contributed by atoms with Crippen LogP contribution in [0.1, 0.15) is 50.3 Å². The molecule has 172 valence electrons. The quantitative estimate of drug-likeness (QED) is 0.738. The van der Waals surface area contributed by atoms with Crippen LogP contribution >= 0.6 is 0 Å². The van der Waals surface area contributed by atoms with Crippen LogP contribution in [0, 0.1) is 6.92 Å². The molecule has 0 unspecified atom stereocenters. The maximum absolute atomic E-state index is 13.3. The number of sulfonamides is 1. The molecule has 1 amide bonds. The average Bonchev–Trinajstić information content (AvgIpc) is 2.77. The number of nitrogens with one attached hydrogen (secondary N) is 1. The Balaban J connectivity index is 1.62. The molecule has 2 atom stereocenters. The van der Waals surface area contributed by atoms with Gasteiger partial charge in [0, 0.05) is 12.0 Å². The maximum Gasteiger partial charge on any atom is 0.263 e. The summed E-state index contributed by atoms with van der Waals surface area (Å²) < 4.78 is 38.5. The molecule has 0 radical (unpaired) electrons. The van der Waals surface area contributed by atoms with Crippen LogP contribution in [-0.2, 0) is 14.8 Å². The molecule has 0 saturated carbocycles. The lowest BCUT2D eigenvalue weighted by atomic mass is 9.83. The molecule has 2 aromatic rings. The van der Waals surface area contributed by atoms with E-state index >= 15 is 0 Å². The lowest BCUT2D eigenvalue weighted by molar-refractivity contribution is -0.129. The van der Waals surface area contributed by atoms with Gasteiger partial charge in [0.25, 0.3) is 5.91 Å². The first-order valence-corrected chi connectivity index (χ1v) is 12.8. The second-order valence-corrected chi connectivity index (χ2v) is 10.6. The van der Waals surface area contributed by atoms with Crippen molar-refractivity contribution in [1.29, 1.82) is 0 Å². The van der Waals surface area contributed by atoms with Gasteiger partial charge in [-0.1, -0.05) is 38.1 Å². The molecule has 0 bridgehead atoms. The van der Waals surface area contributed by atoms with Gasteiger partial charge in [0.2, 0.25) is 10.0 Å². The van der Waals surface area contributed by atoms with Gasteiger partial charge in [-0.2, -0.15) is 0 Å². The Morgan fingerprint density at radius 1 is 1.16 bits per heavy atom. The summed E-state index contributed by atoms with van der Waals surface area (Å²) in [7, 11) is -3.58. The topological polar surface area (TPSA) is 84.9 Å². The Hall–Kier alpha value is -2.74. The van der Waals surface area contributed by atoms with Crippen molar-refractivity contribution in [2.45, 2.75) is 57.8 Å². The van der Waals surface area contributed by atoms with Gasteiger partial charge in [0.05, 0.1) is 24.5 Å². The third-order valence-corrected chi connectivity index (χ3v) is 7.63. The summed E-state index contributed by atoms with van der Waals surface area (Å²) in [6.07, 6.45) is 2.47. The number of fused-ring (bicyclic) bond motifs is 2. The number of para-hydroxylation sites is 1. The molecule has 0 aromatic heterocycles. The van der Waals surface area contributed by atoms with Crippen molar-refractivity contribution in [3.05, 3.63) is 53.6 Å². The van der Waals surface area contributed by atoms with Crippen LogP contribution in [-0.4, -0.2) is 38.8 Å². The van der Waals surface area contributed by atoms with E-state index in [1.54, 1.807) is 12.1 Å². The van der Waals surface area contributed by atoms with Crippen LogP contribution < -0.4 is 19.1 Å². The summed E-state index contributed by atoms with van der Waals surface area (Å²) in [6, 6.07) is 12.8. The van der Waals surface area contributed by atoms with E-state index in [9.17, 15) is 13.2 Å². The predicted octanol–water partition coefficient (Wildman–Crippen LogP) is 3.72. The number of carbonyl (C=O) groups is 1. The number of anilines is 1. The van der Waals surface area contributed by atoms with Crippen LogP contribution in [0.4, 0.5) is 5.69 Å². The zero-order chi connectivity index (χ0) is 23.1. The standard InChI is InChI=1S/C24H30N2O5S/c1-5-24(6-2)14-18(17-9-7-8-10-20(17)31-24)25-23(27)22-15-26(32(4,28)29)19-13-16(3)11-12-21(19)30-22/h7-13,18,22H,5-6,14-15H2,1-4H3,(H,25,27)/t18-,22+/m0/s1. The van der Waals surface area contributed by atoms with Crippen molar-refractivity contribution < 1.29 is 22.7 Å². The molecule has 2 aliphatic heterocycles. The van der Waals surface area contributed by atoms with Gasteiger partial charge in [-0.3, -0.25) is 9.10 Å². The number of ether oxygens (including phenoxy) is 2. The smallest absolute Gasteiger partial charge is 0.263 e. The first-order chi connectivity index (χ1) is 15.2. The molecule has 0 saturated heterocycles. The van der Waals surface area contributed by atoms with Gasteiger partial charge in [0.1, 0.15) is 17.1 Å². The first-order valence-electron chi connectivity index (χ1n) is 11.0. The predicted molar refractivity (Wildman–Crippen MR) is 124 cm³/mol. The SMILES string of the molecule is CCC1(CC)C[C@H](NC(=O)[C@H]2CN(S(C)(=O)=O)c3cc(C)ccc3O2)c2ccccc2O1. The lowest BCUT2D eigenvalue weighted by Gasteiger charge is -2.42. The third-order valence-electron chi connectivity index (χ3n) is 6.48. The van der Waals surface area contributed by atoms with E-state index in [0.717, 1.165) is 36.0 Å². The average molecular weight is 459 g/mol. The van der Waals surface area contributed by atoms with Crippen molar-refractivity contribution in [2.75, 3.05) is 17.1 Å². The fourth-order valence-electron chi connectivity index (χ4n) is 4.51. The summed E-state index contributed by atoms with van der Waals surface area (Å²) in [5.74, 6) is 0.819. The summed E-state index contributed by atoms with van der Waals surface area (Å²) in [6.45, 7) is 5.99. The zero-order valence-corrected chi connectivity index (χ0v) is 19.7. The van der Waals surface area contributed by atoms with Gasteiger partial charge in [-0.15, -0.1) is 0 Å². The van der Waals surface area contributed by atoms with E-state index in [1.165, 1.54) is 4.31 Å². The van der Waals surface area contributed by atoms with Crippen molar-refractivity contribution in [2.24, 2.45) is 0 Å². The van der Waals surface area contributed by atoms with Crippen LogP contribution in [0.3, 0.4) is 0 Å². The first kappa shape index (κ1) is 22.5. The molecule has 2 aromatic carbocycles. The van der Waals surface area contributed by atoms with Crippen molar-refractivity contribution in [3.8, 4) is 11.5 Å². The number of hydrogen-bond acceptors (Lipinski definition) is 5. The summed E-state index contributed by atoms with van der Waals surface area (Å²) in [5.41, 5.74) is 1.94. The Labute approximate surface area is 189 Å². The Morgan fingerprint density at radius 3 is 2.56 bits per heavy atom. The molecule has 7 nitrogen and oxygen atoms in total. The molecule has 32 heavy (non-hydrogen) atoms. The minimum absolute atomic E-state index is 0.0707. The van der Waals surface area contributed by atoms with E-state index in [1.807, 2.05) is 37.3 Å². The number of amides is 1. The number of hydrogen-bond donors (Lipinski definition) is 1. The maximum atomic E-state index is 13.3. The molecule has 2 heterocycles. The molecule has 0 spiro atoms. The molecule has 0 aliphatic carbocycles. The van der Waals surface area contributed by atoms with Gasteiger partial charge < -0.3 is 14.8 Å². The molecular formula is C24H30N2O5S. The highest BCUT2D eigenvalue weighted by molar-refractivity contribution is 7.92. The molecule has 4 rings (SSSR count). The van der Waals surface area contributed by atoms with E-state index in [0.29, 0.717) is 17.9 Å². The van der Waals surface area contributed by atoms with E-state index < -0.39 is 16.1 Å². The fraction of sp³-hybridized carbons (Fsp3) is 0.458. The van der Waals surface area contributed by atoms with Gasteiger partial charge >= 0.3 is 0 Å². The normalized spacial score (nSPS) is 21.6. The van der Waals surface area contributed by atoms with Crippen molar-refractivity contribution in [3.63, 3.8) is 0 Å². The molecular weight excluding hydrogens is 428 g/mol. The van der Waals surface area contributed by atoms with Crippen LogP contribution in [0.5, 0.6) is 11.5 Å². The number of nitrogens with zero attached hydrogens (tertiary/aromatic N) is 1. The minimum Gasteiger partial charge on any atom is -0.487 e. The monoisotopic (exact) mass is 458 g/mol. The van der Waals surface area contributed by atoms with Crippen LogP contribution in [0.15, 0.2) is 42.5 Å². The molecule has 8 heteroatoms. The summed E-state index contributed by atoms with van der Waals surface area (Å²) in [5, 5.41) is 3.12. The van der Waals surface area contributed by atoms with E-state index in [-0.39, 0.29) is 24.1 Å². The Morgan fingerprint density at radius 2 is 1.88 bits per heavy atom. The molecule has 2 aliphatic rings. The number of benzene rings is 2. The van der Waals surface area contributed by atoms with Crippen molar-refractivity contribution in [1.82, 2.24) is 5.32 Å². The minimum atomic E-state index is -3.58. The number of carbonyl (C=O) groups excluding carboxylic acids is 1. The highest BCUT2D eigenvalue weighted by Crippen LogP contribution is 2.43. The summed E-state index contributed by atoms with van der Waals surface area (Å²) >= 11 is 0. The van der Waals surface area contributed by atoms with Crippen LogP contribution in [0.25, 0.3) is 0 Å². The van der Waals surface area contributed by atoms with Gasteiger partial charge in [0.15, 0.2) is 6.10 Å². The number of aryl methyl sites for hydroxylation is 1. The van der Waals surface area contributed by atoms with Crippen molar-refractivity contribution >= 4 is 21.6 Å². The number of rotatable bonds is 5. The van der Waals surface area contributed by atoms with E-state index in [2.05, 4.69) is 19.2 Å². The lowest BCUT2D eigenvalue weighted by Crippen LogP contribution is -2.52. The Kier molecular flexibility index (Phi) is 5.83. The zero-order valence-electron chi connectivity index (χ0n) is 18.9. The largest absolute Gasteiger partial charge is 0.487 e. The highest BCUT2D eigenvalue weighted by atomic mass is 32.2. The highest BCUT2D eigenvalue weighted by Gasteiger charge is 2.41. The fourth-order valence-corrected chi connectivity index (χ4v) is 5.41. The molecule has 1 N–H and O–H groups in total. The Bertz CT molecular complexity index is 1130. The second-order valence-electron chi connectivity index (χ2n) is 8.67. The van der Waals surface area contributed by atoms with Gasteiger partial charge in [-0.05, 0) is 43.5 Å². The second kappa shape index (κ2) is 8.31. The van der Waals surface area contributed by atoms with E-state index in [4.69, 9.17) is 9.47 Å². The third kappa shape index (κ3) is 4.16. The van der Waals surface area contributed by atoms with Gasteiger partial charge in [-0.25, -0.2) is 8.42 Å². The summed E-state index contributed by atoms with van der Waals surface area (Å²) in [4.78, 5) is 13.3.